The molecule has 9 heteroatoms. The number of hydrogen-bond donors (Lipinski definition) is 1. The molecule has 138 valence electrons. The Morgan fingerprint density at radius 1 is 1.16 bits per heavy atom. The fraction of sp³-hybridized carbons (Fsp3) is 0.750. The summed E-state index contributed by atoms with van der Waals surface area (Å²) >= 11 is 0. The molecule has 8 nitrogen and oxygen atoms in total. The van der Waals surface area contributed by atoms with Crippen molar-refractivity contribution in [2.24, 2.45) is 0 Å². The molecule has 25 heavy (non-hydrogen) atoms. The number of imidazole rings is 1. The van der Waals surface area contributed by atoms with Gasteiger partial charge in [0.05, 0.1) is 6.54 Å². The molecule has 4 rings (SSSR count). The molecule has 1 aromatic heterocycles. The fourth-order valence-electron chi connectivity index (χ4n) is 4.04. The number of rotatable bonds is 3. The molecule has 0 radical (unpaired) electrons. The lowest BCUT2D eigenvalue weighted by atomic mass is 10.1. The van der Waals surface area contributed by atoms with E-state index in [0.29, 0.717) is 26.2 Å². The SMILES string of the molecule is O=C1CNCCN1C1CCCN(S(=O)(=O)c2cn3c(n2)CCCC3)C1. The number of carbonyl (C=O) groups excluding carboxylic acids is 1. The largest absolute Gasteiger partial charge is 0.336 e. The summed E-state index contributed by atoms with van der Waals surface area (Å²) in [6.07, 6.45) is 6.29. The quantitative estimate of drug-likeness (QED) is 0.800. The van der Waals surface area contributed by atoms with Crippen LogP contribution in [0.4, 0.5) is 0 Å². The monoisotopic (exact) mass is 367 g/mol. The van der Waals surface area contributed by atoms with Crippen LogP contribution in [0.15, 0.2) is 11.2 Å². The van der Waals surface area contributed by atoms with Crippen LogP contribution in [0.3, 0.4) is 0 Å². The summed E-state index contributed by atoms with van der Waals surface area (Å²) in [4.78, 5) is 18.4. The Morgan fingerprint density at radius 2 is 2.04 bits per heavy atom. The molecule has 1 N–H and O–H groups in total. The molecule has 1 amide bonds. The molecule has 1 atom stereocenters. The van der Waals surface area contributed by atoms with Gasteiger partial charge in [-0.05, 0) is 25.7 Å². The van der Waals surface area contributed by atoms with Gasteiger partial charge in [0.2, 0.25) is 5.91 Å². The van der Waals surface area contributed by atoms with E-state index >= 15 is 0 Å². The first-order chi connectivity index (χ1) is 12.1. The Kier molecular flexibility index (Phi) is 4.55. The summed E-state index contributed by atoms with van der Waals surface area (Å²) < 4.78 is 29.6. The molecule has 1 aromatic rings. The Bertz CT molecular complexity index is 736. The number of amides is 1. The van der Waals surface area contributed by atoms with Crippen molar-refractivity contribution in [1.82, 2.24) is 24.1 Å². The maximum absolute atomic E-state index is 13.0. The van der Waals surface area contributed by atoms with Crippen molar-refractivity contribution in [1.29, 1.82) is 0 Å². The Labute approximate surface area is 148 Å². The minimum absolute atomic E-state index is 0.0321. The first kappa shape index (κ1) is 17.0. The number of sulfonamides is 1. The van der Waals surface area contributed by atoms with Gasteiger partial charge in [0.15, 0.2) is 5.03 Å². The third-order valence-corrected chi connectivity index (χ3v) is 7.15. The maximum atomic E-state index is 13.0. The van der Waals surface area contributed by atoms with Crippen molar-refractivity contribution in [3.8, 4) is 0 Å². The normalized spacial score (nSPS) is 25.8. The van der Waals surface area contributed by atoms with E-state index in [1.54, 1.807) is 6.20 Å². The zero-order valence-electron chi connectivity index (χ0n) is 14.4. The van der Waals surface area contributed by atoms with Crippen LogP contribution < -0.4 is 5.32 Å². The lowest BCUT2D eigenvalue weighted by Crippen LogP contribution is -2.57. The first-order valence-corrected chi connectivity index (χ1v) is 10.6. The molecule has 0 saturated carbocycles. The molecular formula is C16H25N5O3S. The van der Waals surface area contributed by atoms with Gasteiger partial charge in [0.25, 0.3) is 10.0 Å². The average molecular weight is 367 g/mol. The number of hydrogen-bond acceptors (Lipinski definition) is 5. The van der Waals surface area contributed by atoms with E-state index in [4.69, 9.17) is 0 Å². The number of piperidine rings is 1. The molecule has 3 aliphatic rings. The maximum Gasteiger partial charge on any atom is 0.262 e. The second-order valence-electron chi connectivity index (χ2n) is 7.07. The highest BCUT2D eigenvalue weighted by Crippen LogP contribution is 2.25. The van der Waals surface area contributed by atoms with Crippen molar-refractivity contribution in [2.45, 2.75) is 49.7 Å². The Hall–Kier alpha value is -1.45. The third kappa shape index (κ3) is 3.20. The second-order valence-corrected chi connectivity index (χ2v) is 8.95. The van der Waals surface area contributed by atoms with Gasteiger partial charge in [-0.2, -0.15) is 4.31 Å². The number of nitrogens with one attached hydrogen (secondary N) is 1. The van der Waals surface area contributed by atoms with Crippen LogP contribution in [0.2, 0.25) is 0 Å². The van der Waals surface area contributed by atoms with Crippen LogP contribution in [0.25, 0.3) is 0 Å². The van der Waals surface area contributed by atoms with E-state index < -0.39 is 10.0 Å². The molecule has 4 heterocycles. The van der Waals surface area contributed by atoms with Crippen LogP contribution in [0.5, 0.6) is 0 Å². The number of aromatic nitrogens is 2. The van der Waals surface area contributed by atoms with Crippen molar-refractivity contribution < 1.29 is 13.2 Å². The number of piperazine rings is 1. The lowest BCUT2D eigenvalue weighted by molar-refractivity contribution is -0.135. The minimum Gasteiger partial charge on any atom is -0.336 e. The molecule has 0 bridgehead atoms. The number of aryl methyl sites for hydroxylation is 2. The van der Waals surface area contributed by atoms with E-state index in [9.17, 15) is 13.2 Å². The Balaban J connectivity index is 1.53. The summed E-state index contributed by atoms with van der Waals surface area (Å²) in [6.45, 7) is 3.48. The molecule has 2 saturated heterocycles. The van der Waals surface area contributed by atoms with Gasteiger partial charge in [-0.25, -0.2) is 13.4 Å². The molecule has 0 spiro atoms. The Morgan fingerprint density at radius 3 is 2.84 bits per heavy atom. The highest BCUT2D eigenvalue weighted by Gasteiger charge is 2.36. The van der Waals surface area contributed by atoms with Crippen LogP contribution in [0, 0.1) is 0 Å². The highest BCUT2D eigenvalue weighted by molar-refractivity contribution is 7.89. The van der Waals surface area contributed by atoms with Gasteiger partial charge >= 0.3 is 0 Å². The van der Waals surface area contributed by atoms with Crippen LogP contribution in [-0.2, 0) is 27.8 Å². The zero-order chi connectivity index (χ0) is 17.4. The molecular weight excluding hydrogens is 342 g/mol. The van der Waals surface area contributed by atoms with E-state index in [1.807, 2.05) is 9.47 Å². The topological polar surface area (TPSA) is 87.5 Å². The summed E-state index contributed by atoms with van der Waals surface area (Å²) in [5, 5.41) is 3.23. The predicted molar refractivity (Wildman–Crippen MR) is 91.5 cm³/mol. The highest BCUT2D eigenvalue weighted by atomic mass is 32.2. The van der Waals surface area contributed by atoms with E-state index in [1.165, 1.54) is 4.31 Å². The standard InChI is InChI=1S/C16H25N5O3S/c22-16-10-17-6-9-21(16)13-4-3-8-20(11-13)25(23,24)15-12-19-7-2-1-5-14(19)18-15/h12-13,17H,1-11H2. The van der Waals surface area contributed by atoms with Crippen molar-refractivity contribution in [2.75, 3.05) is 32.7 Å². The molecule has 3 aliphatic heterocycles. The number of nitrogens with zero attached hydrogens (tertiary/aromatic N) is 4. The summed E-state index contributed by atoms with van der Waals surface area (Å²) in [7, 11) is -3.60. The molecule has 1 unspecified atom stereocenters. The van der Waals surface area contributed by atoms with Crippen LogP contribution >= 0.6 is 0 Å². The molecule has 0 aliphatic carbocycles. The van der Waals surface area contributed by atoms with Crippen molar-refractivity contribution >= 4 is 15.9 Å². The molecule has 2 fully saturated rings. The van der Waals surface area contributed by atoms with Gasteiger partial charge < -0.3 is 14.8 Å². The summed E-state index contributed by atoms with van der Waals surface area (Å²) in [5.41, 5.74) is 0. The minimum atomic E-state index is -3.60. The average Bonchev–Trinajstić information content (AvgIpc) is 3.07. The van der Waals surface area contributed by atoms with E-state index in [2.05, 4.69) is 10.3 Å². The lowest BCUT2D eigenvalue weighted by Gasteiger charge is -2.40. The number of fused-ring (bicyclic) bond motifs is 1. The summed E-state index contributed by atoms with van der Waals surface area (Å²) in [6, 6.07) is -0.0321. The fourth-order valence-corrected chi connectivity index (χ4v) is 5.53. The van der Waals surface area contributed by atoms with Crippen molar-refractivity contribution in [3.05, 3.63) is 12.0 Å². The predicted octanol–water partition coefficient (Wildman–Crippen LogP) is -0.196. The first-order valence-electron chi connectivity index (χ1n) is 9.12. The smallest absolute Gasteiger partial charge is 0.262 e. The summed E-state index contributed by atoms with van der Waals surface area (Å²) in [5.74, 6) is 0.934. The van der Waals surface area contributed by atoms with Crippen LogP contribution in [0.1, 0.15) is 31.5 Å². The van der Waals surface area contributed by atoms with Gasteiger partial charge in [-0.3, -0.25) is 4.79 Å². The zero-order valence-corrected chi connectivity index (χ0v) is 15.2. The van der Waals surface area contributed by atoms with Crippen LogP contribution in [-0.4, -0.2) is 71.8 Å². The van der Waals surface area contributed by atoms with E-state index in [-0.39, 0.29) is 17.0 Å². The van der Waals surface area contributed by atoms with Gasteiger partial charge in [-0.1, -0.05) is 0 Å². The third-order valence-electron chi connectivity index (χ3n) is 5.42. The van der Waals surface area contributed by atoms with E-state index in [0.717, 1.165) is 51.0 Å². The number of carbonyl (C=O) groups is 1. The van der Waals surface area contributed by atoms with Crippen molar-refractivity contribution in [3.63, 3.8) is 0 Å². The second kappa shape index (κ2) is 6.69. The molecule has 0 aromatic carbocycles. The van der Waals surface area contributed by atoms with Gasteiger partial charge in [0, 0.05) is 51.4 Å². The van der Waals surface area contributed by atoms with Gasteiger partial charge in [0.1, 0.15) is 5.82 Å². The van der Waals surface area contributed by atoms with Gasteiger partial charge in [-0.15, -0.1) is 0 Å².